The maximum atomic E-state index is 10.9. The topological polar surface area (TPSA) is 57.2 Å². The predicted octanol–water partition coefficient (Wildman–Crippen LogP) is 2.07. The van der Waals surface area contributed by atoms with Crippen LogP contribution in [0, 0.1) is 19.9 Å². The van der Waals surface area contributed by atoms with Gasteiger partial charge in [-0.1, -0.05) is 23.3 Å². The normalized spacial score (nSPS) is 12.2. The Morgan fingerprint density at radius 2 is 1.46 bits per heavy atom. The molecule has 0 spiro atoms. The fourth-order valence-electron chi connectivity index (χ4n) is 2.66. The van der Waals surface area contributed by atoms with Crippen molar-refractivity contribution in [2.45, 2.75) is 0 Å². The van der Waals surface area contributed by atoms with Crippen LogP contribution in [0.2, 0.25) is 0 Å². The van der Waals surface area contributed by atoms with E-state index in [1.165, 1.54) is 12.1 Å². The zero-order valence-electron chi connectivity index (χ0n) is 14.3. The van der Waals surface area contributed by atoms with E-state index in [9.17, 15) is 10.1 Å². The van der Waals surface area contributed by atoms with Gasteiger partial charge in [0.15, 0.2) is 5.69 Å². The highest BCUT2D eigenvalue weighted by molar-refractivity contribution is 14.1. The van der Waals surface area contributed by atoms with E-state index in [0.717, 1.165) is 14.9 Å². The molecule has 0 aliphatic carbocycles. The molecule has 0 amide bonds. The number of nitro groups is 1. The Kier molecular flexibility index (Phi) is 5.87. The lowest BCUT2D eigenvalue weighted by Gasteiger charge is -2.24. The van der Waals surface area contributed by atoms with Crippen LogP contribution in [-0.2, 0) is 0 Å². The zero-order valence-corrected chi connectivity index (χ0v) is 17.2. The summed E-state index contributed by atoms with van der Waals surface area (Å²) in [5.74, 6) is 0. The first-order chi connectivity index (χ1) is 13.1. The van der Waals surface area contributed by atoms with Crippen molar-refractivity contribution in [1.29, 1.82) is 0 Å². The van der Waals surface area contributed by atoms with E-state index < -0.39 is 4.92 Å². The molecule has 0 saturated heterocycles. The van der Waals surface area contributed by atoms with Crippen LogP contribution in [0.15, 0.2) is 78.9 Å². The predicted molar refractivity (Wildman–Crippen MR) is 113 cm³/mol. The van der Waals surface area contributed by atoms with E-state index >= 15 is 0 Å². The molecule has 0 aromatic heterocycles. The Hall–Kier alpha value is -3.03. The molecule has 0 bridgehead atoms. The van der Waals surface area contributed by atoms with Crippen LogP contribution in [0.25, 0.3) is 4.95 Å². The van der Waals surface area contributed by atoms with Gasteiger partial charge in [-0.3, -0.25) is 10.1 Å². The molecule has 7 nitrogen and oxygen atoms in total. The van der Waals surface area contributed by atoms with Crippen molar-refractivity contribution in [2.75, 3.05) is 15.2 Å². The molecule has 28 heavy (non-hydrogen) atoms. The van der Waals surface area contributed by atoms with Gasteiger partial charge in [-0.05, 0) is 81.1 Å². The van der Waals surface area contributed by atoms with Gasteiger partial charge >= 0.3 is 6.19 Å². The molecule has 0 saturated carbocycles. The average Bonchev–Trinajstić information content (AvgIpc) is 3.14. The molecule has 0 fully saturated rings. The van der Waals surface area contributed by atoms with E-state index in [0.29, 0.717) is 5.69 Å². The molecule has 9 heteroatoms. The van der Waals surface area contributed by atoms with Crippen molar-refractivity contribution >= 4 is 45.3 Å². The molecule has 1 heterocycles. The SMILES string of the molecule is O=[N+]([O-])c1ccc(N2[N+]#CN(c3ccccc3)N2c2ccc(I)cc2)cc1.[Cl-]. The first kappa shape index (κ1) is 19.7. The summed E-state index contributed by atoms with van der Waals surface area (Å²) >= 11 is 2.25. The summed E-state index contributed by atoms with van der Waals surface area (Å²) in [6, 6.07) is 24.0. The third-order valence-electron chi connectivity index (χ3n) is 3.95. The Morgan fingerprint density at radius 1 is 0.857 bits per heavy atom. The van der Waals surface area contributed by atoms with Crippen molar-refractivity contribution < 1.29 is 17.3 Å². The minimum absolute atomic E-state index is 0. The number of hydrogen-bond donors (Lipinski definition) is 0. The molecule has 3 aromatic rings. The molecule has 3 aromatic carbocycles. The number of para-hydroxylation sites is 1. The minimum Gasteiger partial charge on any atom is -1.00 e. The largest absolute Gasteiger partial charge is 1.00 e. The molecule has 1 aliphatic rings. The summed E-state index contributed by atoms with van der Waals surface area (Å²) in [5.41, 5.74) is 2.49. The monoisotopic (exact) mass is 505 g/mol. The maximum Gasteiger partial charge on any atom is 0.444 e. The lowest BCUT2D eigenvalue weighted by atomic mass is 10.3. The number of non-ortho nitro benzene ring substituents is 1. The van der Waals surface area contributed by atoms with Gasteiger partial charge < -0.3 is 12.4 Å². The summed E-state index contributed by atoms with van der Waals surface area (Å²) in [4.78, 5) is 14.9. The minimum atomic E-state index is -0.420. The number of rotatable bonds is 4. The van der Waals surface area contributed by atoms with Gasteiger partial charge in [-0.2, -0.15) is 0 Å². The van der Waals surface area contributed by atoms with Crippen molar-refractivity contribution in [1.82, 2.24) is 0 Å². The van der Waals surface area contributed by atoms with Gasteiger partial charge in [0.1, 0.15) is 11.4 Å². The smallest absolute Gasteiger partial charge is 0.444 e. The number of nitrogens with zero attached hydrogens (tertiary/aromatic N) is 5. The molecule has 1 aliphatic heterocycles. The third-order valence-corrected chi connectivity index (χ3v) is 4.67. The van der Waals surface area contributed by atoms with Crippen LogP contribution in [0.5, 0.6) is 0 Å². The second-order valence-electron chi connectivity index (χ2n) is 5.68. The molecule has 140 valence electrons. The van der Waals surface area contributed by atoms with Crippen LogP contribution in [0.1, 0.15) is 0 Å². The van der Waals surface area contributed by atoms with Crippen LogP contribution in [0.4, 0.5) is 22.7 Å². The van der Waals surface area contributed by atoms with Gasteiger partial charge in [0, 0.05) is 20.8 Å². The fraction of sp³-hybridized carbons (Fsp3) is 0. The second kappa shape index (κ2) is 8.33. The maximum absolute atomic E-state index is 10.9. The number of anilines is 3. The van der Waals surface area contributed by atoms with E-state index in [1.807, 2.05) is 59.7 Å². The molecule has 4 rings (SSSR count). The first-order valence-electron chi connectivity index (χ1n) is 8.05. The second-order valence-corrected chi connectivity index (χ2v) is 6.92. The van der Waals surface area contributed by atoms with Crippen molar-refractivity contribution in [3.05, 3.63) is 97.5 Å². The number of benzene rings is 3. The first-order valence-corrected chi connectivity index (χ1v) is 9.13. The third kappa shape index (κ3) is 3.81. The van der Waals surface area contributed by atoms with Gasteiger partial charge in [-0.15, -0.1) is 0 Å². The lowest BCUT2D eigenvalue weighted by Crippen LogP contribution is -3.00. The quantitative estimate of drug-likeness (QED) is 0.235. The van der Waals surface area contributed by atoms with E-state index in [-0.39, 0.29) is 18.1 Å². The highest BCUT2D eigenvalue weighted by Crippen LogP contribution is 2.32. The van der Waals surface area contributed by atoms with Crippen molar-refractivity contribution in [3.63, 3.8) is 0 Å². The molecule has 0 unspecified atom stereocenters. The fourth-order valence-corrected chi connectivity index (χ4v) is 3.02. The summed E-state index contributed by atoms with van der Waals surface area (Å²) in [6.07, 6.45) is 3.00. The number of nitro benzene ring substituents is 1. The highest BCUT2D eigenvalue weighted by atomic mass is 127. The molecule has 0 radical (unpaired) electrons. The highest BCUT2D eigenvalue weighted by Gasteiger charge is 2.39. The van der Waals surface area contributed by atoms with Gasteiger partial charge in [0.2, 0.25) is 0 Å². The Labute approximate surface area is 181 Å². The molecular formula is C19H13ClIN5O2. The molecular weight excluding hydrogens is 493 g/mol. The number of hydrazine groups is 2. The van der Waals surface area contributed by atoms with E-state index in [4.69, 9.17) is 0 Å². The van der Waals surface area contributed by atoms with Gasteiger partial charge in [0.05, 0.1) is 4.92 Å². The summed E-state index contributed by atoms with van der Waals surface area (Å²) < 4.78 is 1.12. The van der Waals surface area contributed by atoms with Crippen LogP contribution < -0.4 is 27.7 Å². The van der Waals surface area contributed by atoms with E-state index in [1.54, 1.807) is 22.3 Å². The lowest BCUT2D eigenvalue weighted by molar-refractivity contribution is -0.384. The van der Waals surface area contributed by atoms with Crippen LogP contribution in [0.3, 0.4) is 0 Å². The zero-order chi connectivity index (χ0) is 18.8. The van der Waals surface area contributed by atoms with Crippen LogP contribution >= 0.6 is 22.6 Å². The Bertz CT molecular complexity index is 1040. The summed E-state index contributed by atoms with van der Waals surface area (Å²) in [6.45, 7) is 0. The van der Waals surface area contributed by atoms with Crippen LogP contribution in [-0.4, -0.2) is 4.92 Å². The van der Waals surface area contributed by atoms with E-state index in [2.05, 4.69) is 33.7 Å². The molecule has 0 N–H and O–H groups in total. The Balaban J connectivity index is 0.00000225. The summed E-state index contributed by atoms with van der Waals surface area (Å²) in [5, 5.41) is 16.2. The summed E-state index contributed by atoms with van der Waals surface area (Å²) in [7, 11) is 0. The number of halogens is 2. The Morgan fingerprint density at radius 3 is 2.07 bits per heavy atom. The van der Waals surface area contributed by atoms with Gasteiger partial charge in [0.25, 0.3) is 5.69 Å². The average molecular weight is 506 g/mol. The standard InChI is InChI=1S/C19H13IN5O2.ClH/c20-15-6-8-18(9-7-15)24-22(16-4-2-1-3-5-16)14-21-23(24)17-10-12-19(13-11-17)25(26)27;/h1-13H;1H/q+1;/p-1. The molecule has 0 atom stereocenters. The van der Waals surface area contributed by atoms with Crippen molar-refractivity contribution in [2.24, 2.45) is 0 Å². The van der Waals surface area contributed by atoms with Crippen molar-refractivity contribution in [3.8, 4) is 6.19 Å². The van der Waals surface area contributed by atoms with Gasteiger partial charge in [-0.25, -0.2) is 0 Å². The number of hydrogen-bond acceptors (Lipinski definition) is 5.